The number of hydrogen-bond donors (Lipinski definition) is 2. The fourth-order valence-electron chi connectivity index (χ4n) is 3.49. The molecule has 138 valence electrons. The number of fused-ring (bicyclic) bond motifs is 3. The van der Waals surface area contributed by atoms with Crippen LogP contribution < -0.4 is 10.6 Å². The van der Waals surface area contributed by atoms with Crippen LogP contribution in [0.4, 0.5) is 19.1 Å². The van der Waals surface area contributed by atoms with Crippen LogP contribution >= 0.6 is 0 Å². The van der Waals surface area contributed by atoms with E-state index < -0.39 is 12.1 Å². The van der Waals surface area contributed by atoms with Crippen LogP contribution in [0.3, 0.4) is 0 Å². The molecule has 26 heavy (non-hydrogen) atoms. The van der Waals surface area contributed by atoms with Gasteiger partial charge in [-0.1, -0.05) is 0 Å². The molecule has 3 atom stereocenters. The molecule has 7 nitrogen and oxygen atoms in total. The summed E-state index contributed by atoms with van der Waals surface area (Å²) >= 11 is 0. The van der Waals surface area contributed by atoms with Crippen molar-refractivity contribution in [3.63, 3.8) is 0 Å². The van der Waals surface area contributed by atoms with Crippen molar-refractivity contribution in [3.05, 3.63) is 24.0 Å². The first kappa shape index (κ1) is 16.8. The summed E-state index contributed by atoms with van der Waals surface area (Å²) in [6.45, 7) is 2.85. The van der Waals surface area contributed by atoms with Crippen LogP contribution in [-0.4, -0.2) is 53.6 Å². The standard InChI is InChI=1S/C16H15F3N4O3/c17-16(18,19)15(25)22-13-3-9-5-20-10(4-12(9)26-13)14(24)21-11-7-23-2-1-8(11)6-23/h3-5,8,11H,1-2,6-7H2,(H,21,24)(H,22,25). The summed E-state index contributed by atoms with van der Waals surface area (Å²) in [5.41, 5.74) is 0.276. The highest BCUT2D eigenvalue weighted by Crippen LogP contribution is 2.28. The van der Waals surface area contributed by atoms with Gasteiger partial charge in [0, 0.05) is 42.8 Å². The minimum atomic E-state index is -5.01. The van der Waals surface area contributed by atoms with Crippen LogP contribution in [0.15, 0.2) is 22.7 Å². The van der Waals surface area contributed by atoms with E-state index in [2.05, 4.69) is 15.2 Å². The lowest BCUT2D eigenvalue weighted by molar-refractivity contribution is -0.167. The maximum absolute atomic E-state index is 12.4. The molecule has 3 unspecified atom stereocenters. The molecule has 0 saturated carbocycles. The number of nitrogens with zero attached hydrogens (tertiary/aromatic N) is 2. The Kier molecular flexibility index (Phi) is 3.87. The molecule has 2 saturated heterocycles. The first-order valence-electron chi connectivity index (χ1n) is 8.10. The lowest BCUT2D eigenvalue weighted by Crippen LogP contribution is -2.43. The van der Waals surface area contributed by atoms with Gasteiger partial charge in [-0.15, -0.1) is 0 Å². The molecule has 4 heterocycles. The topological polar surface area (TPSA) is 87.5 Å². The fourth-order valence-corrected chi connectivity index (χ4v) is 3.49. The van der Waals surface area contributed by atoms with E-state index in [0.29, 0.717) is 11.3 Å². The number of furan rings is 1. The van der Waals surface area contributed by atoms with Crippen molar-refractivity contribution in [2.75, 3.05) is 25.0 Å². The summed E-state index contributed by atoms with van der Waals surface area (Å²) in [4.78, 5) is 29.7. The Hall–Kier alpha value is -2.62. The molecule has 2 fully saturated rings. The van der Waals surface area contributed by atoms with E-state index >= 15 is 0 Å². The van der Waals surface area contributed by atoms with E-state index in [4.69, 9.17) is 4.42 Å². The van der Waals surface area contributed by atoms with Gasteiger partial charge in [0.15, 0.2) is 0 Å². The van der Waals surface area contributed by atoms with Gasteiger partial charge >= 0.3 is 12.1 Å². The zero-order valence-electron chi connectivity index (χ0n) is 13.5. The average Bonchev–Trinajstić information content (AvgIpc) is 3.27. The second-order valence-electron chi connectivity index (χ2n) is 6.56. The van der Waals surface area contributed by atoms with Gasteiger partial charge < -0.3 is 14.6 Å². The molecule has 0 aliphatic carbocycles. The first-order valence-corrected chi connectivity index (χ1v) is 8.10. The van der Waals surface area contributed by atoms with Gasteiger partial charge in [0.1, 0.15) is 11.3 Å². The second-order valence-corrected chi connectivity index (χ2v) is 6.56. The monoisotopic (exact) mass is 368 g/mol. The first-order chi connectivity index (χ1) is 12.3. The van der Waals surface area contributed by atoms with Gasteiger partial charge in [-0.25, -0.2) is 0 Å². The number of carbonyl (C=O) groups is 2. The minimum Gasteiger partial charge on any atom is -0.440 e. The number of alkyl halides is 3. The summed E-state index contributed by atoms with van der Waals surface area (Å²) in [6, 6.07) is 2.64. The number of halogens is 3. The Labute approximate surface area is 145 Å². The molecule has 2 aromatic rings. The van der Waals surface area contributed by atoms with Gasteiger partial charge in [-0.2, -0.15) is 13.2 Å². The van der Waals surface area contributed by atoms with Crippen LogP contribution in [0, 0.1) is 5.92 Å². The molecule has 10 heteroatoms. The minimum absolute atomic E-state index is 0.0759. The van der Waals surface area contributed by atoms with E-state index in [0.717, 1.165) is 26.1 Å². The highest BCUT2D eigenvalue weighted by atomic mass is 19.4. The Morgan fingerprint density at radius 1 is 1.27 bits per heavy atom. The van der Waals surface area contributed by atoms with Crippen LogP contribution in [-0.2, 0) is 4.79 Å². The molecule has 2 bridgehead atoms. The molecule has 0 radical (unpaired) electrons. The van der Waals surface area contributed by atoms with Crippen LogP contribution in [0.1, 0.15) is 16.9 Å². The van der Waals surface area contributed by atoms with Crippen LogP contribution in [0.25, 0.3) is 11.0 Å². The zero-order chi connectivity index (χ0) is 18.5. The average molecular weight is 368 g/mol. The molecule has 0 aromatic carbocycles. The molecule has 2 N–H and O–H groups in total. The van der Waals surface area contributed by atoms with Crippen molar-refractivity contribution < 1.29 is 27.2 Å². The molecule has 2 aliphatic heterocycles. The SMILES string of the molecule is O=C(NC1CN2CCC1C2)c1cc2oc(NC(=O)C(F)(F)F)cc2cn1. The Balaban J connectivity index is 1.48. The molecular formula is C16H15F3N4O3. The van der Waals surface area contributed by atoms with Crippen molar-refractivity contribution in [2.24, 2.45) is 5.92 Å². The van der Waals surface area contributed by atoms with Gasteiger partial charge in [0.05, 0.1) is 0 Å². The second kappa shape index (κ2) is 5.97. The molecule has 2 aromatic heterocycles. The Morgan fingerprint density at radius 3 is 2.73 bits per heavy atom. The summed E-state index contributed by atoms with van der Waals surface area (Å²) in [5.74, 6) is -2.41. The van der Waals surface area contributed by atoms with Crippen molar-refractivity contribution in [3.8, 4) is 0 Å². The Morgan fingerprint density at radius 2 is 2.08 bits per heavy atom. The molecule has 0 spiro atoms. The van der Waals surface area contributed by atoms with E-state index in [9.17, 15) is 22.8 Å². The summed E-state index contributed by atoms with van der Waals surface area (Å²) in [7, 11) is 0. The third kappa shape index (κ3) is 3.12. The number of hydrogen-bond acceptors (Lipinski definition) is 5. The zero-order valence-corrected chi connectivity index (χ0v) is 13.5. The van der Waals surface area contributed by atoms with E-state index in [1.807, 2.05) is 0 Å². The van der Waals surface area contributed by atoms with E-state index in [-0.39, 0.29) is 29.1 Å². The summed E-state index contributed by atoms with van der Waals surface area (Å²) < 4.78 is 42.1. The maximum atomic E-state index is 12.4. The molecule has 2 aliphatic rings. The van der Waals surface area contributed by atoms with Crippen LogP contribution in [0.5, 0.6) is 0 Å². The summed E-state index contributed by atoms with van der Waals surface area (Å²) in [5, 5.41) is 4.96. The fraction of sp³-hybridized carbons (Fsp3) is 0.438. The molecular weight excluding hydrogens is 353 g/mol. The maximum Gasteiger partial charge on any atom is 0.471 e. The number of amides is 2. The van der Waals surface area contributed by atoms with Crippen molar-refractivity contribution >= 4 is 28.7 Å². The number of rotatable bonds is 3. The molecule has 4 rings (SSSR count). The van der Waals surface area contributed by atoms with Gasteiger partial charge in [0.25, 0.3) is 5.91 Å². The quantitative estimate of drug-likeness (QED) is 0.862. The normalized spacial score (nSPS) is 24.8. The lowest BCUT2D eigenvalue weighted by Gasteiger charge is -2.22. The lowest BCUT2D eigenvalue weighted by atomic mass is 10.00. The van der Waals surface area contributed by atoms with Crippen molar-refractivity contribution in [2.45, 2.75) is 18.6 Å². The number of anilines is 1. The van der Waals surface area contributed by atoms with Gasteiger partial charge in [0.2, 0.25) is 5.88 Å². The third-order valence-corrected chi connectivity index (χ3v) is 4.78. The van der Waals surface area contributed by atoms with E-state index in [1.54, 1.807) is 5.32 Å². The van der Waals surface area contributed by atoms with Crippen molar-refractivity contribution in [1.82, 2.24) is 15.2 Å². The largest absolute Gasteiger partial charge is 0.471 e. The smallest absolute Gasteiger partial charge is 0.440 e. The number of nitrogens with one attached hydrogen (secondary N) is 2. The summed E-state index contributed by atoms with van der Waals surface area (Å²) in [6.07, 6.45) is -2.64. The van der Waals surface area contributed by atoms with Gasteiger partial charge in [-0.05, 0) is 18.9 Å². The number of piperidine rings is 1. The van der Waals surface area contributed by atoms with Gasteiger partial charge in [-0.3, -0.25) is 19.9 Å². The van der Waals surface area contributed by atoms with Crippen molar-refractivity contribution in [1.29, 1.82) is 0 Å². The Bertz CT molecular complexity index is 879. The number of aromatic nitrogens is 1. The third-order valence-electron chi connectivity index (χ3n) is 4.78. The highest BCUT2D eigenvalue weighted by Gasteiger charge is 2.40. The highest BCUT2D eigenvalue weighted by molar-refractivity contribution is 5.98. The van der Waals surface area contributed by atoms with Crippen LogP contribution in [0.2, 0.25) is 0 Å². The predicted octanol–water partition coefficient (Wildman–Crippen LogP) is 1.76. The number of carbonyl (C=O) groups excluding carboxylic acids is 2. The predicted molar refractivity (Wildman–Crippen MR) is 84.5 cm³/mol. The molecule has 2 amide bonds. The number of pyridine rings is 1. The van der Waals surface area contributed by atoms with E-state index in [1.165, 1.54) is 18.3 Å².